The van der Waals surface area contributed by atoms with Crippen LogP contribution in [-0.2, 0) is 14.3 Å². The van der Waals surface area contributed by atoms with Gasteiger partial charge in [-0.3, -0.25) is 4.79 Å². The molecule has 0 aliphatic heterocycles. The maximum absolute atomic E-state index is 11.7. The van der Waals surface area contributed by atoms with Crippen LogP contribution in [0.5, 0.6) is 5.75 Å². The number of phenolic OH excluding ortho intramolecular Hbond substituents is 1. The molecule has 0 saturated heterocycles. The van der Waals surface area contributed by atoms with Gasteiger partial charge in [-0.15, -0.1) is 0 Å². The smallest absolute Gasteiger partial charge is 0.331 e. The van der Waals surface area contributed by atoms with Crippen LogP contribution in [0.4, 0.5) is 5.69 Å². The van der Waals surface area contributed by atoms with Gasteiger partial charge in [0.25, 0.3) is 5.91 Å². The van der Waals surface area contributed by atoms with Crippen molar-refractivity contribution in [2.45, 2.75) is 0 Å². The number of nitrogens with zero attached hydrogens (tertiary/aromatic N) is 1. The van der Waals surface area contributed by atoms with Crippen molar-refractivity contribution in [1.82, 2.24) is 0 Å². The number of nitriles is 1. The molecule has 0 radical (unpaired) electrons. The highest BCUT2D eigenvalue weighted by Crippen LogP contribution is 2.11. The van der Waals surface area contributed by atoms with E-state index in [1.165, 1.54) is 30.4 Å². The van der Waals surface area contributed by atoms with Crippen LogP contribution in [0.15, 0.2) is 54.6 Å². The Morgan fingerprint density at radius 3 is 2.67 bits per heavy atom. The van der Waals surface area contributed by atoms with Crippen LogP contribution in [0.2, 0.25) is 0 Å². The molecule has 0 heterocycles. The Morgan fingerprint density at radius 1 is 1.21 bits per heavy atom. The average Bonchev–Trinajstić information content (AvgIpc) is 2.59. The third-order valence-electron chi connectivity index (χ3n) is 2.93. The van der Waals surface area contributed by atoms with Crippen LogP contribution < -0.4 is 5.32 Å². The molecule has 2 N–H and O–H groups in total. The Morgan fingerprint density at radius 2 is 1.96 bits per heavy atom. The van der Waals surface area contributed by atoms with E-state index in [-0.39, 0.29) is 5.75 Å². The minimum absolute atomic E-state index is 0.131. The molecule has 2 aromatic rings. The molecule has 2 aromatic carbocycles. The summed E-state index contributed by atoms with van der Waals surface area (Å²) in [4.78, 5) is 23.3. The maximum Gasteiger partial charge on any atom is 0.331 e. The predicted octanol–water partition coefficient (Wildman–Crippen LogP) is 2.46. The quantitative estimate of drug-likeness (QED) is 0.650. The van der Waals surface area contributed by atoms with Crippen LogP contribution in [0, 0.1) is 11.3 Å². The summed E-state index contributed by atoms with van der Waals surface area (Å²) in [6.45, 7) is -0.435. The molecular weight excluding hydrogens is 308 g/mol. The van der Waals surface area contributed by atoms with E-state index in [4.69, 9.17) is 15.1 Å². The van der Waals surface area contributed by atoms with Gasteiger partial charge in [0, 0.05) is 11.8 Å². The molecule has 0 unspecified atom stereocenters. The third kappa shape index (κ3) is 5.31. The van der Waals surface area contributed by atoms with E-state index < -0.39 is 18.5 Å². The number of esters is 1. The fourth-order valence-electron chi connectivity index (χ4n) is 1.80. The SMILES string of the molecule is N#Cc1cccc(NC(=O)COC(=O)/C=C/c2ccc(O)cc2)c1. The number of hydrogen-bond acceptors (Lipinski definition) is 5. The molecule has 24 heavy (non-hydrogen) atoms. The molecule has 6 heteroatoms. The highest BCUT2D eigenvalue weighted by Gasteiger charge is 2.06. The molecule has 120 valence electrons. The summed E-state index contributed by atoms with van der Waals surface area (Å²) in [5.74, 6) is -1.03. The van der Waals surface area contributed by atoms with Crippen molar-refractivity contribution in [3.8, 4) is 11.8 Å². The van der Waals surface area contributed by atoms with E-state index in [2.05, 4.69) is 5.32 Å². The predicted molar refractivity (Wildman–Crippen MR) is 87.9 cm³/mol. The molecule has 6 nitrogen and oxygen atoms in total. The van der Waals surface area contributed by atoms with Gasteiger partial charge >= 0.3 is 5.97 Å². The molecule has 1 amide bonds. The number of rotatable bonds is 5. The number of amides is 1. The number of nitrogens with one attached hydrogen (secondary N) is 1. The molecule has 0 aliphatic carbocycles. The third-order valence-corrected chi connectivity index (χ3v) is 2.93. The summed E-state index contributed by atoms with van der Waals surface area (Å²) in [5.41, 5.74) is 1.58. The monoisotopic (exact) mass is 322 g/mol. The van der Waals surface area contributed by atoms with E-state index in [0.717, 1.165) is 0 Å². The number of phenols is 1. The van der Waals surface area contributed by atoms with Gasteiger partial charge in [0.1, 0.15) is 5.75 Å². The van der Waals surface area contributed by atoms with Crippen molar-refractivity contribution in [2.24, 2.45) is 0 Å². The zero-order valence-corrected chi connectivity index (χ0v) is 12.6. The summed E-state index contributed by atoms with van der Waals surface area (Å²) in [5, 5.41) is 20.5. The zero-order chi connectivity index (χ0) is 17.4. The largest absolute Gasteiger partial charge is 0.508 e. The van der Waals surface area contributed by atoms with Crippen molar-refractivity contribution < 1.29 is 19.4 Å². The Kier molecular flexibility index (Phi) is 5.70. The first-order chi connectivity index (χ1) is 11.6. The van der Waals surface area contributed by atoms with Gasteiger partial charge in [0.2, 0.25) is 0 Å². The van der Waals surface area contributed by atoms with Crippen molar-refractivity contribution >= 4 is 23.6 Å². The number of aromatic hydroxyl groups is 1. The average molecular weight is 322 g/mol. The van der Waals surface area contributed by atoms with E-state index in [1.807, 2.05) is 6.07 Å². The summed E-state index contributed by atoms with van der Waals surface area (Å²) in [6, 6.07) is 14.6. The Balaban J connectivity index is 1.81. The molecular formula is C18H14N2O4. The fourth-order valence-corrected chi connectivity index (χ4v) is 1.80. The van der Waals surface area contributed by atoms with E-state index >= 15 is 0 Å². The maximum atomic E-state index is 11.7. The van der Waals surface area contributed by atoms with Gasteiger partial charge in [-0.25, -0.2) is 4.79 Å². The molecule has 0 atom stereocenters. The van der Waals surface area contributed by atoms with Gasteiger partial charge < -0.3 is 15.2 Å². The molecule has 0 aromatic heterocycles. The minimum Gasteiger partial charge on any atom is -0.508 e. The first-order valence-corrected chi connectivity index (χ1v) is 7.01. The second kappa shape index (κ2) is 8.15. The summed E-state index contributed by atoms with van der Waals surface area (Å²) < 4.78 is 4.83. The lowest BCUT2D eigenvalue weighted by Gasteiger charge is -2.05. The Labute approximate surface area is 138 Å². The topological polar surface area (TPSA) is 99.4 Å². The standard InChI is InChI=1S/C18H14N2O4/c19-11-14-2-1-3-15(10-14)20-17(22)12-24-18(23)9-6-13-4-7-16(21)8-5-13/h1-10,21H,12H2,(H,20,22)/b9-6+. The van der Waals surface area contributed by atoms with Crippen molar-refractivity contribution in [3.63, 3.8) is 0 Å². The number of benzene rings is 2. The molecule has 0 saturated carbocycles. The Hall–Kier alpha value is -3.59. The minimum atomic E-state index is -0.663. The van der Waals surface area contributed by atoms with E-state index in [9.17, 15) is 9.59 Å². The molecule has 0 bridgehead atoms. The van der Waals surface area contributed by atoms with E-state index in [0.29, 0.717) is 16.8 Å². The first kappa shape index (κ1) is 16.8. The number of anilines is 1. The summed E-state index contributed by atoms with van der Waals surface area (Å²) >= 11 is 0. The molecule has 0 aliphatic rings. The van der Waals surface area contributed by atoms with Crippen LogP contribution in [0.3, 0.4) is 0 Å². The van der Waals surface area contributed by atoms with Crippen LogP contribution in [-0.4, -0.2) is 23.6 Å². The Bertz CT molecular complexity index is 805. The number of hydrogen-bond donors (Lipinski definition) is 2. The highest BCUT2D eigenvalue weighted by molar-refractivity contribution is 5.94. The van der Waals surface area contributed by atoms with E-state index in [1.54, 1.807) is 30.3 Å². The molecule has 0 spiro atoms. The summed E-state index contributed by atoms with van der Waals surface area (Å²) in [7, 11) is 0. The van der Waals surface area contributed by atoms with Crippen molar-refractivity contribution in [2.75, 3.05) is 11.9 Å². The highest BCUT2D eigenvalue weighted by atomic mass is 16.5. The van der Waals surface area contributed by atoms with Crippen LogP contribution in [0.1, 0.15) is 11.1 Å². The van der Waals surface area contributed by atoms with Gasteiger partial charge in [-0.1, -0.05) is 18.2 Å². The first-order valence-electron chi connectivity index (χ1n) is 7.01. The summed E-state index contributed by atoms with van der Waals surface area (Å²) in [6.07, 6.45) is 2.70. The number of carbonyl (C=O) groups is 2. The van der Waals surface area contributed by atoms with Gasteiger partial charge in [0.05, 0.1) is 11.6 Å². The number of carbonyl (C=O) groups excluding carboxylic acids is 2. The van der Waals surface area contributed by atoms with Crippen molar-refractivity contribution in [1.29, 1.82) is 5.26 Å². The lowest BCUT2D eigenvalue weighted by Crippen LogP contribution is -2.20. The molecule has 2 rings (SSSR count). The molecule has 0 fully saturated rings. The normalized spacial score (nSPS) is 10.1. The van der Waals surface area contributed by atoms with Gasteiger partial charge in [-0.2, -0.15) is 5.26 Å². The lowest BCUT2D eigenvalue weighted by atomic mass is 10.2. The van der Waals surface area contributed by atoms with Crippen LogP contribution in [0.25, 0.3) is 6.08 Å². The zero-order valence-electron chi connectivity index (χ0n) is 12.6. The van der Waals surface area contributed by atoms with Crippen LogP contribution >= 0.6 is 0 Å². The number of ether oxygens (including phenoxy) is 1. The second-order valence-corrected chi connectivity index (χ2v) is 4.77. The van der Waals surface area contributed by atoms with Gasteiger partial charge in [0.15, 0.2) is 6.61 Å². The fraction of sp³-hybridized carbons (Fsp3) is 0.0556. The van der Waals surface area contributed by atoms with Gasteiger partial charge in [-0.05, 0) is 42.0 Å². The van der Waals surface area contributed by atoms with Crippen molar-refractivity contribution in [3.05, 3.63) is 65.7 Å². The lowest BCUT2D eigenvalue weighted by molar-refractivity contribution is -0.142. The second-order valence-electron chi connectivity index (χ2n) is 4.77.